The fourth-order valence-corrected chi connectivity index (χ4v) is 4.57. The number of unbranched alkanes of at least 4 members (excludes halogenated alkanes) is 2. The molecule has 3 rings (SSSR count). The van der Waals surface area contributed by atoms with E-state index in [1.165, 1.54) is 16.2 Å². The molecule has 1 saturated heterocycles. The van der Waals surface area contributed by atoms with Crippen molar-refractivity contribution in [3.8, 4) is 0 Å². The Labute approximate surface area is 196 Å². The highest BCUT2D eigenvalue weighted by molar-refractivity contribution is 8.26. The highest BCUT2D eigenvalue weighted by atomic mass is 32.2. The summed E-state index contributed by atoms with van der Waals surface area (Å²) in [7, 11) is 0. The van der Waals surface area contributed by atoms with E-state index in [0.717, 1.165) is 24.8 Å². The number of pyridine rings is 1. The molecule has 10 heteroatoms. The normalized spacial score (nSPS) is 15.3. The summed E-state index contributed by atoms with van der Waals surface area (Å²) in [6.07, 6.45) is 6.28. The van der Waals surface area contributed by atoms with Crippen molar-refractivity contribution in [2.75, 3.05) is 38.2 Å². The van der Waals surface area contributed by atoms with Crippen LogP contribution < -0.4 is 10.9 Å². The number of rotatable bonds is 11. The van der Waals surface area contributed by atoms with Crippen molar-refractivity contribution in [1.82, 2.24) is 14.3 Å². The van der Waals surface area contributed by atoms with Gasteiger partial charge in [0.05, 0.1) is 30.3 Å². The molecule has 8 nitrogen and oxygen atoms in total. The third kappa shape index (κ3) is 5.74. The van der Waals surface area contributed by atoms with Crippen LogP contribution in [0.25, 0.3) is 11.7 Å². The number of nitrogens with one attached hydrogen (secondary N) is 1. The number of fused-ring (bicyclic) bond motifs is 1. The number of hydrogen-bond donors (Lipinski definition) is 2. The number of amides is 1. The number of aliphatic hydroxyl groups excluding tert-OH is 1. The second-order valence-corrected chi connectivity index (χ2v) is 9.09. The predicted octanol–water partition coefficient (Wildman–Crippen LogP) is 2.82. The number of thioether (sulfide) groups is 1. The predicted molar refractivity (Wildman–Crippen MR) is 132 cm³/mol. The summed E-state index contributed by atoms with van der Waals surface area (Å²) in [5, 5.41) is 12.0. The average Bonchev–Trinajstić information content (AvgIpc) is 3.04. The second kappa shape index (κ2) is 11.6. The first-order valence-corrected chi connectivity index (χ1v) is 11.9. The van der Waals surface area contributed by atoms with Gasteiger partial charge < -0.3 is 15.2 Å². The van der Waals surface area contributed by atoms with Crippen molar-refractivity contribution in [1.29, 1.82) is 0 Å². The Morgan fingerprint density at radius 1 is 1.28 bits per heavy atom. The molecule has 3 heterocycles. The zero-order chi connectivity index (χ0) is 23.1. The number of thiocarbonyl (C=S) groups is 1. The summed E-state index contributed by atoms with van der Waals surface area (Å²) in [5.41, 5.74) is 1.45. The summed E-state index contributed by atoms with van der Waals surface area (Å²) in [6, 6.07) is 3.66. The van der Waals surface area contributed by atoms with Crippen molar-refractivity contribution in [2.24, 2.45) is 0 Å². The monoisotopic (exact) mass is 476 g/mol. The largest absolute Gasteiger partial charge is 0.394 e. The van der Waals surface area contributed by atoms with E-state index >= 15 is 0 Å². The lowest BCUT2D eigenvalue weighted by Gasteiger charge is -2.13. The first-order valence-electron chi connectivity index (χ1n) is 10.7. The molecule has 32 heavy (non-hydrogen) atoms. The smallest absolute Gasteiger partial charge is 0.267 e. The van der Waals surface area contributed by atoms with Gasteiger partial charge in [0.15, 0.2) is 0 Å². The van der Waals surface area contributed by atoms with Gasteiger partial charge in [-0.05, 0) is 31.1 Å². The maximum Gasteiger partial charge on any atom is 0.267 e. The Kier molecular flexibility index (Phi) is 8.80. The number of carbonyl (C=O) groups is 1. The molecule has 0 aliphatic carbocycles. The summed E-state index contributed by atoms with van der Waals surface area (Å²) < 4.78 is 7.27. The number of ether oxygens (including phenoxy) is 1. The minimum absolute atomic E-state index is 0.0553. The minimum Gasteiger partial charge on any atom is -0.394 e. The first-order chi connectivity index (χ1) is 15.5. The molecule has 0 atom stereocenters. The van der Waals surface area contributed by atoms with Crippen LogP contribution in [0.15, 0.2) is 28.0 Å². The zero-order valence-corrected chi connectivity index (χ0v) is 19.9. The third-order valence-corrected chi connectivity index (χ3v) is 6.29. The molecule has 0 spiro atoms. The van der Waals surface area contributed by atoms with E-state index in [1.54, 1.807) is 23.2 Å². The van der Waals surface area contributed by atoms with Gasteiger partial charge in [-0.15, -0.1) is 0 Å². The Morgan fingerprint density at radius 2 is 2.09 bits per heavy atom. The molecule has 172 valence electrons. The number of hydrogen-bond acceptors (Lipinski definition) is 8. The molecule has 0 aromatic carbocycles. The van der Waals surface area contributed by atoms with E-state index in [2.05, 4.69) is 17.2 Å². The van der Waals surface area contributed by atoms with E-state index in [9.17, 15) is 9.59 Å². The van der Waals surface area contributed by atoms with Crippen LogP contribution in [0.5, 0.6) is 0 Å². The number of nitrogens with zero attached hydrogens (tertiary/aromatic N) is 3. The molecule has 1 aliphatic heterocycles. The lowest BCUT2D eigenvalue weighted by Crippen LogP contribution is -2.29. The van der Waals surface area contributed by atoms with Gasteiger partial charge in [-0.2, -0.15) is 0 Å². The molecule has 1 fully saturated rings. The van der Waals surface area contributed by atoms with Crippen molar-refractivity contribution in [2.45, 2.75) is 33.1 Å². The first kappa shape index (κ1) is 24.4. The topological polar surface area (TPSA) is 96.2 Å². The van der Waals surface area contributed by atoms with Gasteiger partial charge in [-0.3, -0.25) is 18.9 Å². The number of aliphatic hydroxyl groups is 1. The van der Waals surface area contributed by atoms with Crippen LogP contribution in [0.1, 0.15) is 37.3 Å². The molecule has 0 radical (unpaired) electrons. The fourth-order valence-electron chi connectivity index (χ4n) is 3.28. The minimum atomic E-state index is -0.270. The van der Waals surface area contributed by atoms with Crippen molar-refractivity contribution < 1.29 is 14.6 Å². The number of aryl methyl sites for hydroxylation is 1. The maximum atomic E-state index is 13.3. The second-order valence-electron chi connectivity index (χ2n) is 7.42. The molecule has 0 bridgehead atoms. The summed E-state index contributed by atoms with van der Waals surface area (Å²) in [4.78, 5) is 32.9. The summed E-state index contributed by atoms with van der Waals surface area (Å²) >= 11 is 6.61. The quantitative estimate of drug-likeness (QED) is 0.290. The molecule has 1 aliphatic rings. The van der Waals surface area contributed by atoms with Gasteiger partial charge in [-0.1, -0.05) is 49.8 Å². The van der Waals surface area contributed by atoms with Crippen molar-refractivity contribution in [3.63, 3.8) is 0 Å². The van der Waals surface area contributed by atoms with Crippen LogP contribution in [0.2, 0.25) is 0 Å². The van der Waals surface area contributed by atoms with Gasteiger partial charge >= 0.3 is 0 Å². The number of aromatic nitrogens is 2. The maximum absolute atomic E-state index is 13.3. The highest BCUT2D eigenvalue weighted by Crippen LogP contribution is 2.33. The van der Waals surface area contributed by atoms with Crippen molar-refractivity contribution in [3.05, 3.63) is 44.7 Å². The van der Waals surface area contributed by atoms with Gasteiger partial charge in [0.2, 0.25) is 0 Å². The molecule has 0 unspecified atom stereocenters. The zero-order valence-electron chi connectivity index (χ0n) is 18.3. The van der Waals surface area contributed by atoms with Gasteiger partial charge in [0, 0.05) is 19.3 Å². The Bertz CT molecular complexity index is 1080. The average molecular weight is 477 g/mol. The number of carbonyl (C=O) groups excluding carboxylic acids is 1. The molecule has 0 saturated carbocycles. The molecule has 2 N–H and O–H groups in total. The summed E-state index contributed by atoms with van der Waals surface area (Å²) in [5.74, 6) is 0.199. The third-order valence-electron chi connectivity index (χ3n) is 4.91. The van der Waals surface area contributed by atoms with Gasteiger partial charge in [0.1, 0.15) is 15.8 Å². The molecule has 2 aromatic heterocycles. The lowest BCUT2D eigenvalue weighted by molar-refractivity contribution is -0.122. The van der Waals surface area contributed by atoms with Crippen molar-refractivity contribution >= 4 is 51.7 Å². The fraction of sp³-hybridized carbons (Fsp3) is 0.455. The molecule has 2 aromatic rings. The van der Waals surface area contributed by atoms with Crippen LogP contribution in [0, 0.1) is 6.92 Å². The Morgan fingerprint density at radius 3 is 2.84 bits per heavy atom. The molecule has 1 amide bonds. The van der Waals surface area contributed by atoms with Crippen LogP contribution >= 0.6 is 24.0 Å². The number of anilines is 1. The van der Waals surface area contributed by atoms with E-state index in [4.69, 9.17) is 22.1 Å². The van der Waals surface area contributed by atoms with Gasteiger partial charge in [-0.25, -0.2) is 4.98 Å². The lowest BCUT2D eigenvalue weighted by atomic mass is 10.2. The van der Waals surface area contributed by atoms with E-state index in [0.29, 0.717) is 46.0 Å². The van der Waals surface area contributed by atoms with Crippen LogP contribution in [0.4, 0.5) is 5.82 Å². The van der Waals surface area contributed by atoms with E-state index < -0.39 is 0 Å². The molecular formula is C22H28N4O4S2. The Balaban J connectivity index is 1.95. The van der Waals surface area contributed by atoms with E-state index in [1.807, 2.05) is 13.0 Å². The van der Waals surface area contributed by atoms with Crippen LogP contribution in [-0.4, -0.2) is 62.5 Å². The Hall–Kier alpha value is -2.27. The van der Waals surface area contributed by atoms with Gasteiger partial charge in [0.25, 0.3) is 11.5 Å². The van der Waals surface area contributed by atoms with Crippen LogP contribution in [0.3, 0.4) is 0 Å². The standard InChI is InChI=1S/C22H28N4O4S2/c1-3-4-5-9-25-21(29)17(32-22(25)31)13-16-19(23-8-11-30-12-10-27)24-18-7-6-15(2)14-26(18)20(16)28/h6-7,13-14,23,27H,3-5,8-12H2,1-2H3/b17-13-. The van der Waals surface area contributed by atoms with Crippen LogP contribution in [-0.2, 0) is 9.53 Å². The summed E-state index contributed by atoms with van der Waals surface area (Å²) in [6.45, 7) is 5.51. The SMILES string of the molecule is CCCCCN1C(=O)/C(=C/c2c(NCCOCCO)nc3ccc(C)cn3c2=O)SC1=S. The van der Waals surface area contributed by atoms with E-state index in [-0.39, 0.29) is 24.7 Å². The molecular weight excluding hydrogens is 448 g/mol. The highest BCUT2D eigenvalue weighted by Gasteiger charge is 2.32.